The van der Waals surface area contributed by atoms with Gasteiger partial charge in [-0.2, -0.15) is 0 Å². The molecule has 5 heteroatoms. The topological polar surface area (TPSA) is 59.6 Å². The summed E-state index contributed by atoms with van der Waals surface area (Å²) in [6, 6.07) is 0.525. The van der Waals surface area contributed by atoms with Crippen molar-refractivity contribution in [1.29, 1.82) is 0 Å². The van der Waals surface area contributed by atoms with Gasteiger partial charge in [0.25, 0.3) is 0 Å². The van der Waals surface area contributed by atoms with Gasteiger partial charge in [-0.15, -0.1) is 0 Å². The van der Waals surface area contributed by atoms with Crippen molar-refractivity contribution in [3.05, 3.63) is 0 Å². The zero-order valence-electron chi connectivity index (χ0n) is 13.6. The van der Waals surface area contributed by atoms with Crippen molar-refractivity contribution in [3.63, 3.8) is 0 Å². The molecule has 0 aromatic heterocycles. The molecule has 0 aromatic rings. The summed E-state index contributed by atoms with van der Waals surface area (Å²) in [5.74, 6) is 0. The molecule has 2 saturated carbocycles. The molecule has 2 fully saturated rings. The molecule has 2 atom stereocenters. The van der Waals surface area contributed by atoms with Crippen LogP contribution in [0.4, 0.5) is 4.79 Å². The third kappa shape index (κ3) is 5.47. The van der Waals surface area contributed by atoms with Crippen LogP contribution in [0, 0.1) is 0 Å². The van der Waals surface area contributed by atoms with Crippen molar-refractivity contribution in [1.82, 2.24) is 10.6 Å². The Kier molecular flexibility index (Phi) is 6.30. The number of urea groups is 1. The lowest BCUT2D eigenvalue weighted by atomic mass is 9.93. The third-order valence-corrected chi connectivity index (χ3v) is 4.53. The quantitative estimate of drug-likeness (QED) is 0.820. The number of carbonyl (C=O) groups is 1. The Hall–Kier alpha value is -0.810. The van der Waals surface area contributed by atoms with Gasteiger partial charge in [0.1, 0.15) is 0 Å². The van der Waals surface area contributed by atoms with E-state index < -0.39 is 0 Å². The Morgan fingerprint density at radius 3 is 2.10 bits per heavy atom. The highest BCUT2D eigenvalue weighted by Crippen LogP contribution is 2.23. The van der Waals surface area contributed by atoms with E-state index in [0.717, 1.165) is 44.9 Å². The number of nitrogens with one attached hydrogen (secondary N) is 2. The standard InChI is InChI=1S/C16H30N2O3/c1-11(2)21-14-7-4-12(5-8-14)17-16(19)18-13-6-9-15(10-13)20-3/h11-15H,4-10H2,1-3H3,(H2,17,18,19). The predicted octanol–water partition coefficient (Wildman–Crippen LogP) is 2.59. The lowest BCUT2D eigenvalue weighted by Gasteiger charge is -2.30. The fraction of sp³-hybridized carbons (Fsp3) is 0.938. The van der Waals surface area contributed by atoms with Crippen molar-refractivity contribution in [2.75, 3.05) is 7.11 Å². The van der Waals surface area contributed by atoms with Crippen molar-refractivity contribution in [2.24, 2.45) is 0 Å². The minimum absolute atomic E-state index is 0.0232. The van der Waals surface area contributed by atoms with E-state index in [-0.39, 0.29) is 18.1 Å². The molecule has 2 aliphatic carbocycles. The normalized spacial score (nSPS) is 33.1. The molecule has 2 N–H and O–H groups in total. The van der Waals surface area contributed by atoms with Gasteiger partial charge in [0.15, 0.2) is 0 Å². The molecule has 0 aromatic carbocycles. The average Bonchev–Trinajstić information content (AvgIpc) is 2.88. The Morgan fingerprint density at radius 1 is 0.952 bits per heavy atom. The van der Waals surface area contributed by atoms with Crippen LogP contribution in [0.1, 0.15) is 58.8 Å². The van der Waals surface area contributed by atoms with Crippen LogP contribution in [-0.4, -0.2) is 43.5 Å². The second-order valence-corrected chi connectivity index (χ2v) is 6.64. The first-order valence-electron chi connectivity index (χ1n) is 8.32. The summed E-state index contributed by atoms with van der Waals surface area (Å²) in [7, 11) is 1.74. The second-order valence-electron chi connectivity index (χ2n) is 6.64. The molecular weight excluding hydrogens is 268 g/mol. The molecule has 2 amide bonds. The van der Waals surface area contributed by atoms with Crippen LogP contribution in [0.5, 0.6) is 0 Å². The van der Waals surface area contributed by atoms with Gasteiger partial charge in [0.05, 0.1) is 18.3 Å². The van der Waals surface area contributed by atoms with E-state index in [4.69, 9.17) is 9.47 Å². The summed E-state index contributed by atoms with van der Waals surface area (Å²) in [4.78, 5) is 12.0. The first kappa shape index (κ1) is 16.6. The number of rotatable bonds is 5. The highest BCUT2D eigenvalue weighted by atomic mass is 16.5. The largest absolute Gasteiger partial charge is 0.381 e. The zero-order chi connectivity index (χ0) is 15.2. The van der Waals surface area contributed by atoms with Gasteiger partial charge in [0.2, 0.25) is 0 Å². The van der Waals surface area contributed by atoms with Crippen molar-refractivity contribution < 1.29 is 14.3 Å². The van der Waals surface area contributed by atoms with Gasteiger partial charge in [0, 0.05) is 19.2 Å². The highest BCUT2D eigenvalue weighted by molar-refractivity contribution is 5.74. The van der Waals surface area contributed by atoms with Gasteiger partial charge >= 0.3 is 6.03 Å². The third-order valence-electron chi connectivity index (χ3n) is 4.53. The van der Waals surface area contributed by atoms with Gasteiger partial charge < -0.3 is 20.1 Å². The Morgan fingerprint density at radius 2 is 1.52 bits per heavy atom. The summed E-state index contributed by atoms with van der Waals surface area (Å²) in [6.07, 6.45) is 8.04. The van der Waals surface area contributed by atoms with Crippen molar-refractivity contribution >= 4 is 6.03 Å². The van der Waals surface area contributed by atoms with Gasteiger partial charge in [-0.3, -0.25) is 0 Å². The zero-order valence-corrected chi connectivity index (χ0v) is 13.6. The van der Waals surface area contributed by atoms with Crippen LogP contribution in [0.25, 0.3) is 0 Å². The summed E-state index contributed by atoms with van der Waals surface area (Å²) in [5, 5.41) is 6.18. The molecule has 0 heterocycles. The van der Waals surface area contributed by atoms with Crippen LogP contribution in [0.2, 0.25) is 0 Å². The van der Waals surface area contributed by atoms with Crippen LogP contribution >= 0.6 is 0 Å². The molecule has 5 nitrogen and oxygen atoms in total. The van der Waals surface area contributed by atoms with E-state index in [1.807, 2.05) is 0 Å². The molecule has 21 heavy (non-hydrogen) atoms. The number of hydrogen-bond donors (Lipinski definition) is 2. The van der Waals surface area contributed by atoms with Gasteiger partial charge in [-0.05, 0) is 58.8 Å². The number of ether oxygens (including phenoxy) is 2. The number of hydrogen-bond acceptors (Lipinski definition) is 3. The van der Waals surface area contributed by atoms with Gasteiger partial charge in [-0.1, -0.05) is 0 Å². The maximum atomic E-state index is 12.0. The first-order valence-corrected chi connectivity index (χ1v) is 8.32. The number of amides is 2. The lowest BCUT2D eigenvalue weighted by molar-refractivity contribution is -0.0156. The first-order chi connectivity index (χ1) is 10.1. The molecule has 122 valence electrons. The summed E-state index contributed by atoms with van der Waals surface area (Å²) < 4.78 is 11.2. The van der Waals surface area contributed by atoms with E-state index >= 15 is 0 Å². The summed E-state index contributed by atoms with van der Waals surface area (Å²) in [5.41, 5.74) is 0. The smallest absolute Gasteiger partial charge is 0.315 e. The minimum Gasteiger partial charge on any atom is -0.381 e. The Labute approximate surface area is 128 Å². The highest BCUT2D eigenvalue weighted by Gasteiger charge is 2.27. The Bertz CT molecular complexity index is 327. The molecule has 0 bridgehead atoms. The average molecular weight is 298 g/mol. The van der Waals surface area contributed by atoms with Crippen LogP contribution in [0.15, 0.2) is 0 Å². The van der Waals surface area contributed by atoms with Crippen LogP contribution in [0.3, 0.4) is 0 Å². The molecule has 0 spiro atoms. The number of methoxy groups -OCH3 is 1. The molecular formula is C16H30N2O3. The van der Waals surface area contributed by atoms with E-state index in [9.17, 15) is 4.79 Å². The summed E-state index contributed by atoms with van der Waals surface area (Å²) >= 11 is 0. The maximum Gasteiger partial charge on any atom is 0.315 e. The summed E-state index contributed by atoms with van der Waals surface area (Å²) in [6.45, 7) is 4.15. The molecule has 0 saturated heterocycles. The van der Waals surface area contributed by atoms with Crippen LogP contribution < -0.4 is 10.6 Å². The van der Waals surface area contributed by atoms with E-state index in [0.29, 0.717) is 18.3 Å². The fourth-order valence-corrected chi connectivity index (χ4v) is 3.43. The van der Waals surface area contributed by atoms with E-state index in [1.165, 1.54) is 0 Å². The second kappa shape index (κ2) is 7.99. The fourth-order valence-electron chi connectivity index (χ4n) is 3.43. The maximum absolute atomic E-state index is 12.0. The van der Waals surface area contributed by atoms with Crippen molar-refractivity contribution in [3.8, 4) is 0 Å². The molecule has 2 aliphatic rings. The monoisotopic (exact) mass is 298 g/mol. The molecule has 0 radical (unpaired) electrons. The predicted molar refractivity (Wildman–Crippen MR) is 82.4 cm³/mol. The molecule has 2 rings (SSSR count). The minimum atomic E-state index is -0.0232. The van der Waals surface area contributed by atoms with E-state index in [1.54, 1.807) is 7.11 Å². The van der Waals surface area contributed by atoms with Gasteiger partial charge in [-0.25, -0.2) is 4.79 Å². The number of carbonyl (C=O) groups excluding carboxylic acids is 1. The van der Waals surface area contributed by atoms with Crippen LogP contribution in [-0.2, 0) is 9.47 Å². The molecule has 2 unspecified atom stereocenters. The SMILES string of the molecule is COC1CCC(NC(=O)NC2CCC(OC(C)C)CC2)C1. The molecule has 0 aliphatic heterocycles. The van der Waals surface area contributed by atoms with Crippen molar-refractivity contribution in [2.45, 2.75) is 89.2 Å². The van der Waals surface area contributed by atoms with E-state index in [2.05, 4.69) is 24.5 Å². The lowest BCUT2D eigenvalue weighted by Crippen LogP contribution is -2.47. The Balaban J connectivity index is 1.63.